The number of fused-ring (bicyclic) bond motifs is 2. The molecule has 0 radical (unpaired) electrons. The van der Waals surface area contributed by atoms with Crippen molar-refractivity contribution in [3.63, 3.8) is 0 Å². The second-order valence-electron chi connectivity index (χ2n) is 6.18. The molecule has 5 heteroatoms. The summed E-state index contributed by atoms with van der Waals surface area (Å²) in [5, 5.41) is 11.4. The van der Waals surface area contributed by atoms with Crippen LogP contribution >= 0.6 is 0 Å². The minimum atomic E-state index is -0.0769. The lowest BCUT2D eigenvalue weighted by Crippen LogP contribution is -2.03. The molecule has 1 amide bonds. The Hall–Kier alpha value is -3.73. The van der Waals surface area contributed by atoms with E-state index in [0.717, 1.165) is 39.0 Å². The summed E-state index contributed by atoms with van der Waals surface area (Å²) in [7, 11) is 0. The molecule has 0 atom stereocenters. The van der Waals surface area contributed by atoms with Crippen LogP contribution in [0.2, 0.25) is 0 Å². The normalized spacial score (nSPS) is 14.6. The SMILES string of the molecule is O=C1Nc2ccccc2/C1=C/c1ccc2c(-c3cccnc3)n[nH]c2c1. The van der Waals surface area contributed by atoms with E-state index in [-0.39, 0.29) is 5.91 Å². The molecule has 2 N–H and O–H groups in total. The Kier molecular flexibility index (Phi) is 3.18. The summed E-state index contributed by atoms with van der Waals surface area (Å²) in [5.41, 5.74) is 6.16. The highest BCUT2D eigenvalue weighted by molar-refractivity contribution is 6.34. The van der Waals surface area contributed by atoms with Gasteiger partial charge in [-0.05, 0) is 42.0 Å². The molecule has 1 aliphatic heterocycles. The van der Waals surface area contributed by atoms with E-state index in [4.69, 9.17) is 0 Å². The van der Waals surface area contributed by atoms with Crippen LogP contribution in [0.3, 0.4) is 0 Å². The van der Waals surface area contributed by atoms with Gasteiger partial charge in [-0.15, -0.1) is 0 Å². The highest BCUT2D eigenvalue weighted by Crippen LogP contribution is 2.33. The number of nitrogens with one attached hydrogen (secondary N) is 2. The van der Waals surface area contributed by atoms with Crippen LogP contribution in [-0.2, 0) is 4.79 Å². The monoisotopic (exact) mass is 338 g/mol. The van der Waals surface area contributed by atoms with E-state index in [1.54, 1.807) is 12.4 Å². The number of carbonyl (C=O) groups excluding carboxylic acids is 1. The van der Waals surface area contributed by atoms with Gasteiger partial charge in [-0.3, -0.25) is 14.9 Å². The summed E-state index contributed by atoms with van der Waals surface area (Å²) >= 11 is 0. The smallest absolute Gasteiger partial charge is 0.256 e. The molecule has 5 rings (SSSR count). The first kappa shape index (κ1) is 14.6. The number of nitrogens with zero attached hydrogens (tertiary/aromatic N) is 2. The van der Waals surface area contributed by atoms with E-state index in [1.807, 2.05) is 60.7 Å². The maximum absolute atomic E-state index is 12.3. The van der Waals surface area contributed by atoms with Gasteiger partial charge in [0.2, 0.25) is 0 Å². The van der Waals surface area contributed by atoms with E-state index in [2.05, 4.69) is 20.5 Å². The average Bonchev–Trinajstić information content (AvgIpc) is 3.23. The molecule has 0 spiro atoms. The number of hydrogen-bond donors (Lipinski definition) is 2. The molecule has 124 valence electrons. The Morgan fingerprint density at radius 1 is 1.00 bits per heavy atom. The third kappa shape index (κ3) is 2.29. The second kappa shape index (κ2) is 5.67. The highest BCUT2D eigenvalue weighted by Gasteiger charge is 2.23. The fraction of sp³-hybridized carbons (Fsp3) is 0. The lowest BCUT2D eigenvalue weighted by Gasteiger charge is -2.00. The van der Waals surface area contributed by atoms with Crippen molar-refractivity contribution in [1.82, 2.24) is 15.2 Å². The number of anilines is 1. The van der Waals surface area contributed by atoms with Gasteiger partial charge >= 0.3 is 0 Å². The van der Waals surface area contributed by atoms with E-state index >= 15 is 0 Å². The van der Waals surface area contributed by atoms with Crippen LogP contribution in [0.5, 0.6) is 0 Å². The number of para-hydroxylation sites is 1. The number of carbonyl (C=O) groups is 1. The molecular formula is C21H14N4O. The van der Waals surface area contributed by atoms with Gasteiger partial charge in [-0.2, -0.15) is 5.10 Å². The van der Waals surface area contributed by atoms with Crippen LogP contribution in [0.4, 0.5) is 5.69 Å². The zero-order valence-electron chi connectivity index (χ0n) is 13.7. The molecule has 0 saturated heterocycles. The fourth-order valence-corrected chi connectivity index (χ4v) is 3.30. The summed E-state index contributed by atoms with van der Waals surface area (Å²) in [6.07, 6.45) is 5.45. The average molecular weight is 338 g/mol. The second-order valence-corrected chi connectivity index (χ2v) is 6.18. The number of aromatic amines is 1. The standard InChI is InChI=1S/C21H14N4O/c26-21-17(15-5-1-2-6-18(15)23-21)10-13-7-8-16-19(11-13)24-25-20(16)14-4-3-9-22-12-14/h1-12H,(H,23,26)(H,24,25)/b17-10-. The molecule has 2 aromatic heterocycles. The maximum atomic E-state index is 12.3. The van der Waals surface area contributed by atoms with E-state index in [0.29, 0.717) is 5.57 Å². The Morgan fingerprint density at radius 3 is 2.81 bits per heavy atom. The minimum Gasteiger partial charge on any atom is -0.321 e. The predicted octanol–water partition coefficient (Wildman–Crippen LogP) is 4.12. The first-order chi connectivity index (χ1) is 12.8. The maximum Gasteiger partial charge on any atom is 0.256 e. The van der Waals surface area contributed by atoms with Crippen molar-refractivity contribution in [3.05, 3.63) is 78.1 Å². The molecule has 0 saturated carbocycles. The molecule has 0 unspecified atom stereocenters. The molecule has 26 heavy (non-hydrogen) atoms. The summed E-state index contributed by atoms with van der Waals surface area (Å²) in [6.45, 7) is 0. The van der Waals surface area contributed by atoms with Gasteiger partial charge < -0.3 is 5.32 Å². The summed E-state index contributed by atoms with van der Waals surface area (Å²) in [4.78, 5) is 16.4. The quantitative estimate of drug-likeness (QED) is 0.540. The Balaban J connectivity index is 1.59. The van der Waals surface area contributed by atoms with Crippen molar-refractivity contribution in [1.29, 1.82) is 0 Å². The van der Waals surface area contributed by atoms with Gasteiger partial charge in [-0.1, -0.05) is 24.3 Å². The molecule has 5 nitrogen and oxygen atoms in total. The molecule has 1 aliphatic rings. The van der Waals surface area contributed by atoms with Crippen LogP contribution in [0.25, 0.3) is 33.8 Å². The van der Waals surface area contributed by atoms with Gasteiger partial charge in [0.1, 0.15) is 5.69 Å². The number of rotatable bonds is 2. The van der Waals surface area contributed by atoms with Crippen molar-refractivity contribution >= 4 is 34.1 Å². The highest BCUT2D eigenvalue weighted by atomic mass is 16.2. The van der Waals surface area contributed by atoms with Gasteiger partial charge in [0, 0.05) is 40.2 Å². The third-order valence-corrected chi connectivity index (χ3v) is 4.54. The zero-order chi connectivity index (χ0) is 17.5. The summed E-state index contributed by atoms with van der Waals surface area (Å²) < 4.78 is 0. The van der Waals surface area contributed by atoms with E-state index in [9.17, 15) is 4.79 Å². The van der Waals surface area contributed by atoms with Crippen LogP contribution in [0.15, 0.2) is 67.0 Å². The number of benzene rings is 2. The number of aromatic nitrogens is 3. The first-order valence-electron chi connectivity index (χ1n) is 8.30. The Labute approximate surface area is 149 Å². The molecule has 0 fully saturated rings. The Morgan fingerprint density at radius 2 is 1.92 bits per heavy atom. The van der Waals surface area contributed by atoms with Crippen molar-refractivity contribution < 1.29 is 4.79 Å². The van der Waals surface area contributed by atoms with Crippen LogP contribution in [0.1, 0.15) is 11.1 Å². The topological polar surface area (TPSA) is 70.7 Å². The third-order valence-electron chi connectivity index (χ3n) is 4.54. The van der Waals surface area contributed by atoms with Gasteiger partial charge in [-0.25, -0.2) is 0 Å². The van der Waals surface area contributed by atoms with Crippen molar-refractivity contribution in [2.75, 3.05) is 5.32 Å². The molecule has 0 bridgehead atoms. The zero-order valence-corrected chi connectivity index (χ0v) is 13.7. The van der Waals surface area contributed by atoms with Crippen LogP contribution < -0.4 is 5.32 Å². The van der Waals surface area contributed by atoms with Crippen LogP contribution in [-0.4, -0.2) is 21.1 Å². The summed E-state index contributed by atoms with van der Waals surface area (Å²) in [6, 6.07) is 17.6. The molecule has 0 aliphatic carbocycles. The Bertz CT molecular complexity index is 1180. The minimum absolute atomic E-state index is 0.0769. The number of pyridine rings is 1. The van der Waals surface area contributed by atoms with Gasteiger partial charge in [0.05, 0.1) is 5.52 Å². The number of amides is 1. The van der Waals surface area contributed by atoms with E-state index < -0.39 is 0 Å². The number of H-pyrrole nitrogens is 1. The lowest BCUT2D eigenvalue weighted by atomic mass is 10.0. The largest absolute Gasteiger partial charge is 0.321 e. The fourth-order valence-electron chi connectivity index (χ4n) is 3.30. The summed E-state index contributed by atoms with van der Waals surface area (Å²) in [5.74, 6) is -0.0769. The van der Waals surface area contributed by atoms with Crippen molar-refractivity contribution in [3.8, 4) is 11.3 Å². The van der Waals surface area contributed by atoms with E-state index in [1.165, 1.54) is 0 Å². The van der Waals surface area contributed by atoms with Gasteiger partial charge in [0.15, 0.2) is 0 Å². The molecular weight excluding hydrogens is 324 g/mol. The molecule has 2 aromatic carbocycles. The molecule has 4 aromatic rings. The van der Waals surface area contributed by atoms with Gasteiger partial charge in [0.25, 0.3) is 5.91 Å². The predicted molar refractivity (Wildman–Crippen MR) is 102 cm³/mol. The lowest BCUT2D eigenvalue weighted by molar-refractivity contribution is -0.110. The number of hydrogen-bond acceptors (Lipinski definition) is 3. The molecule has 3 heterocycles. The first-order valence-corrected chi connectivity index (χ1v) is 8.30. The van der Waals surface area contributed by atoms with Crippen LogP contribution in [0, 0.1) is 0 Å². The van der Waals surface area contributed by atoms with Crippen molar-refractivity contribution in [2.24, 2.45) is 0 Å². The van der Waals surface area contributed by atoms with Crippen molar-refractivity contribution in [2.45, 2.75) is 0 Å².